The number of carbonyl (C=O) groups is 2. The third kappa shape index (κ3) is 3.92. The van der Waals surface area contributed by atoms with E-state index in [1.807, 2.05) is 54.8 Å². The summed E-state index contributed by atoms with van der Waals surface area (Å²) in [5, 5.41) is 4.72. The summed E-state index contributed by atoms with van der Waals surface area (Å²) in [5.41, 5.74) is 1.81. The average molecular weight is 375 g/mol. The zero-order valence-corrected chi connectivity index (χ0v) is 15.3. The zero-order chi connectivity index (χ0) is 17.1. The second kappa shape index (κ2) is 7.29. The molecule has 1 aromatic carbocycles. The molecule has 1 fully saturated rings. The molecule has 0 radical (unpaired) electrons. The molecule has 1 aliphatic rings. The number of thiophene rings is 1. The van der Waals surface area contributed by atoms with E-state index in [0.717, 1.165) is 10.4 Å². The van der Waals surface area contributed by atoms with Crippen LogP contribution in [0.5, 0.6) is 0 Å². The van der Waals surface area contributed by atoms with E-state index in [4.69, 9.17) is 12.2 Å². The van der Waals surface area contributed by atoms with E-state index >= 15 is 0 Å². The Balaban J connectivity index is 1.66. The Hall–Kier alpha value is -1.96. The van der Waals surface area contributed by atoms with Gasteiger partial charge in [-0.15, -0.1) is 11.3 Å². The number of aryl methyl sites for hydroxylation is 1. The van der Waals surface area contributed by atoms with Crippen LogP contribution in [0.4, 0.5) is 5.69 Å². The van der Waals surface area contributed by atoms with Crippen molar-refractivity contribution in [2.45, 2.75) is 6.92 Å². The molecule has 7 heteroatoms. The number of hydrogen-bond donors (Lipinski definition) is 1. The van der Waals surface area contributed by atoms with Crippen LogP contribution in [-0.2, 0) is 9.59 Å². The van der Waals surface area contributed by atoms with Gasteiger partial charge < -0.3 is 5.32 Å². The third-order valence-electron chi connectivity index (χ3n) is 3.33. The van der Waals surface area contributed by atoms with Crippen molar-refractivity contribution < 1.29 is 9.59 Å². The molecule has 2 heterocycles. The van der Waals surface area contributed by atoms with Crippen LogP contribution in [0.25, 0.3) is 6.08 Å². The van der Waals surface area contributed by atoms with E-state index in [9.17, 15) is 9.59 Å². The van der Waals surface area contributed by atoms with Crippen molar-refractivity contribution in [1.29, 1.82) is 0 Å². The zero-order valence-electron chi connectivity index (χ0n) is 12.8. The van der Waals surface area contributed by atoms with Gasteiger partial charge in [0.15, 0.2) is 0 Å². The van der Waals surface area contributed by atoms with Gasteiger partial charge in [0.2, 0.25) is 5.91 Å². The second-order valence-corrected chi connectivity index (χ2v) is 7.85. The molecule has 2 amide bonds. The number of thioether (sulfide) groups is 1. The van der Waals surface area contributed by atoms with Crippen molar-refractivity contribution in [3.63, 3.8) is 0 Å². The molecule has 0 bridgehead atoms. The minimum absolute atomic E-state index is 0.0830. The summed E-state index contributed by atoms with van der Waals surface area (Å²) in [7, 11) is 0. The van der Waals surface area contributed by atoms with E-state index in [1.54, 1.807) is 11.3 Å². The average Bonchev–Trinajstić information content (AvgIpc) is 3.14. The number of carbonyl (C=O) groups excluding carboxylic acids is 2. The maximum absolute atomic E-state index is 12.4. The van der Waals surface area contributed by atoms with Crippen LogP contribution >= 0.6 is 35.3 Å². The lowest BCUT2D eigenvalue weighted by molar-refractivity contribution is -0.126. The predicted molar refractivity (Wildman–Crippen MR) is 104 cm³/mol. The van der Waals surface area contributed by atoms with Crippen molar-refractivity contribution in [3.8, 4) is 0 Å². The number of thiocarbonyl (C=S) groups is 1. The number of rotatable bonds is 4. The Morgan fingerprint density at radius 3 is 2.71 bits per heavy atom. The van der Waals surface area contributed by atoms with Crippen LogP contribution in [0.2, 0.25) is 0 Å². The lowest BCUT2D eigenvalue weighted by Crippen LogP contribution is -2.36. The summed E-state index contributed by atoms with van der Waals surface area (Å²) in [5.74, 6) is -0.495. The first-order valence-corrected chi connectivity index (χ1v) is 9.29. The van der Waals surface area contributed by atoms with Gasteiger partial charge in [-0.2, -0.15) is 0 Å². The van der Waals surface area contributed by atoms with Gasteiger partial charge in [0.1, 0.15) is 10.9 Å². The third-order valence-corrected chi connectivity index (χ3v) is 5.52. The predicted octanol–water partition coefficient (Wildman–Crippen LogP) is 3.90. The smallest absolute Gasteiger partial charge is 0.266 e. The van der Waals surface area contributed by atoms with Crippen LogP contribution in [0.15, 0.2) is 46.7 Å². The molecule has 0 spiro atoms. The highest BCUT2D eigenvalue weighted by Gasteiger charge is 2.33. The number of benzene rings is 1. The Morgan fingerprint density at radius 1 is 1.29 bits per heavy atom. The number of nitrogens with zero attached hydrogens (tertiary/aromatic N) is 1. The van der Waals surface area contributed by atoms with E-state index in [1.165, 1.54) is 16.7 Å². The first-order chi connectivity index (χ1) is 11.5. The number of anilines is 1. The number of nitrogens with one attached hydrogen (secondary N) is 1. The molecule has 0 aliphatic carbocycles. The summed E-state index contributed by atoms with van der Waals surface area (Å²) in [6.45, 7) is 1.89. The highest BCUT2D eigenvalue weighted by Crippen LogP contribution is 2.33. The van der Waals surface area contributed by atoms with E-state index in [0.29, 0.717) is 14.9 Å². The minimum Gasteiger partial charge on any atom is -0.325 e. The fourth-order valence-corrected chi connectivity index (χ4v) is 4.10. The van der Waals surface area contributed by atoms with Crippen molar-refractivity contribution in [2.24, 2.45) is 0 Å². The maximum atomic E-state index is 12.4. The standard InChI is InChI=1S/C17H14N2O2S3/c1-11-4-6-12(7-5-11)18-15(20)10-19-16(21)14(24-17(19)22)9-13-3-2-8-23-13/h2-9H,10H2,1H3,(H,18,20). The van der Waals surface area contributed by atoms with Crippen LogP contribution in [0.3, 0.4) is 0 Å². The van der Waals surface area contributed by atoms with Crippen molar-refractivity contribution in [1.82, 2.24) is 4.90 Å². The molecule has 1 aliphatic heterocycles. The van der Waals surface area contributed by atoms with Gasteiger partial charge in [0.05, 0.1) is 4.91 Å². The molecule has 0 atom stereocenters. The Kier molecular flexibility index (Phi) is 5.13. The van der Waals surface area contributed by atoms with Gasteiger partial charge in [-0.3, -0.25) is 14.5 Å². The largest absolute Gasteiger partial charge is 0.325 e. The van der Waals surface area contributed by atoms with Crippen LogP contribution in [0.1, 0.15) is 10.4 Å². The Labute approximate surface area is 153 Å². The molecule has 1 N–H and O–H groups in total. The summed E-state index contributed by atoms with van der Waals surface area (Å²) in [6, 6.07) is 11.3. The van der Waals surface area contributed by atoms with E-state index in [2.05, 4.69) is 5.32 Å². The first-order valence-electron chi connectivity index (χ1n) is 7.18. The maximum Gasteiger partial charge on any atom is 0.266 e. The Morgan fingerprint density at radius 2 is 2.04 bits per heavy atom. The van der Waals surface area contributed by atoms with E-state index in [-0.39, 0.29) is 18.4 Å². The second-order valence-electron chi connectivity index (χ2n) is 5.20. The van der Waals surface area contributed by atoms with Gasteiger partial charge in [0, 0.05) is 10.6 Å². The van der Waals surface area contributed by atoms with Crippen molar-refractivity contribution >= 4 is 63.2 Å². The quantitative estimate of drug-likeness (QED) is 0.651. The Bertz CT molecular complexity index is 811. The summed E-state index contributed by atoms with van der Waals surface area (Å²) < 4.78 is 0.405. The van der Waals surface area contributed by atoms with Crippen molar-refractivity contribution in [3.05, 3.63) is 57.1 Å². The fourth-order valence-electron chi connectivity index (χ4n) is 2.12. The van der Waals surface area contributed by atoms with Gasteiger partial charge >= 0.3 is 0 Å². The molecule has 4 nitrogen and oxygen atoms in total. The minimum atomic E-state index is -0.271. The van der Waals surface area contributed by atoms with Gasteiger partial charge in [-0.25, -0.2) is 0 Å². The topological polar surface area (TPSA) is 49.4 Å². The molecule has 1 saturated heterocycles. The summed E-state index contributed by atoms with van der Waals surface area (Å²) >= 11 is 8.01. The molecule has 24 heavy (non-hydrogen) atoms. The highest BCUT2D eigenvalue weighted by molar-refractivity contribution is 8.26. The summed E-state index contributed by atoms with van der Waals surface area (Å²) in [6.07, 6.45) is 1.81. The van der Waals surface area contributed by atoms with Gasteiger partial charge in [0.25, 0.3) is 5.91 Å². The van der Waals surface area contributed by atoms with E-state index < -0.39 is 0 Å². The fraction of sp³-hybridized carbons (Fsp3) is 0.118. The monoisotopic (exact) mass is 374 g/mol. The summed E-state index contributed by atoms with van der Waals surface area (Å²) in [4.78, 5) is 27.5. The van der Waals surface area contributed by atoms with Crippen LogP contribution in [-0.4, -0.2) is 27.6 Å². The van der Waals surface area contributed by atoms with Crippen LogP contribution < -0.4 is 5.32 Å². The lowest BCUT2D eigenvalue weighted by Gasteiger charge is -2.14. The molecule has 0 unspecified atom stereocenters. The molecule has 0 saturated carbocycles. The van der Waals surface area contributed by atoms with Crippen molar-refractivity contribution in [2.75, 3.05) is 11.9 Å². The van der Waals surface area contributed by atoms with Crippen LogP contribution in [0, 0.1) is 6.92 Å². The number of amides is 2. The number of hydrogen-bond acceptors (Lipinski definition) is 5. The molecular formula is C17H14N2O2S3. The van der Waals surface area contributed by atoms with Gasteiger partial charge in [-0.05, 0) is 36.6 Å². The molecule has 1 aromatic heterocycles. The van der Waals surface area contributed by atoms with Gasteiger partial charge in [-0.1, -0.05) is 47.7 Å². The molecular weight excluding hydrogens is 360 g/mol. The SMILES string of the molecule is Cc1ccc(NC(=O)CN2C(=O)C(=Cc3cccs3)SC2=S)cc1. The normalized spacial score (nSPS) is 16.0. The molecule has 122 valence electrons. The highest BCUT2D eigenvalue weighted by atomic mass is 32.2. The first kappa shape index (κ1) is 16.9. The molecule has 2 aromatic rings. The molecule has 3 rings (SSSR count). The lowest BCUT2D eigenvalue weighted by atomic mass is 10.2.